The normalized spacial score (nSPS) is 23.0. The second kappa shape index (κ2) is 6.74. The second-order valence-corrected chi connectivity index (χ2v) is 7.64. The SMILES string of the molecule is O=C1N[C@@]2(CCCc3sccc32)C(=O)N1C[C@H](O)COc1ccccc1. The van der Waals surface area contributed by atoms with Crippen LogP contribution in [0, 0.1) is 0 Å². The van der Waals surface area contributed by atoms with Crippen LogP contribution in [0.15, 0.2) is 41.8 Å². The highest BCUT2D eigenvalue weighted by atomic mass is 32.1. The number of aliphatic hydroxyl groups excluding tert-OH is 1. The zero-order valence-electron chi connectivity index (χ0n) is 14.2. The molecule has 2 heterocycles. The third-order valence-electron chi connectivity index (χ3n) is 4.92. The number of rotatable bonds is 5. The highest BCUT2D eigenvalue weighted by Crippen LogP contribution is 2.42. The van der Waals surface area contributed by atoms with Crippen LogP contribution in [0.5, 0.6) is 5.75 Å². The van der Waals surface area contributed by atoms with Crippen molar-refractivity contribution >= 4 is 23.3 Å². The van der Waals surface area contributed by atoms with Crippen LogP contribution in [0.3, 0.4) is 0 Å². The number of carbonyl (C=O) groups excluding carboxylic acids is 2. The van der Waals surface area contributed by atoms with E-state index in [1.165, 1.54) is 0 Å². The topological polar surface area (TPSA) is 78.9 Å². The molecular formula is C19H20N2O4S. The smallest absolute Gasteiger partial charge is 0.325 e. The largest absolute Gasteiger partial charge is 0.491 e. The van der Waals surface area contributed by atoms with E-state index in [0.29, 0.717) is 12.2 Å². The molecule has 2 atom stereocenters. The number of hydrogen-bond donors (Lipinski definition) is 2. The minimum absolute atomic E-state index is 0.0117. The molecule has 1 aliphatic carbocycles. The van der Waals surface area contributed by atoms with Crippen LogP contribution in [-0.2, 0) is 16.8 Å². The van der Waals surface area contributed by atoms with Gasteiger partial charge in [-0.3, -0.25) is 9.69 Å². The van der Waals surface area contributed by atoms with Crippen LogP contribution in [-0.4, -0.2) is 41.2 Å². The Hall–Kier alpha value is -2.38. The van der Waals surface area contributed by atoms with Gasteiger partial charge in [-0.05, 0) is 42.8 Å². The summed E-state index contributed by atoms with van der Waals surface area (Å²) in [6.45, 7) is -0.0729. The van der Waals surface area contributed by atoms with Crippen molar-refractivity contribution in [1.82, 2.24) is 10.2 Å². The molecule has 1 aromatic carbocycles. The first-order valence-electron chi connectivity index (χ1n) is 8.67. The number of aryl methyl sites for hydroxylation is 1. The Kier molecular flexibility index (Phi) is 4.42. The molecule has 0 radical (unpaired) electrons. The van der Waals surface area contributed by atoms with Gasteiger partial charge in [0.25, 0.3) is 5.91 Å². The van der Waals surface area contributed by atoms with E-state index >= 15 is 0 Å². The lowest BCUT2D eigenvalue weighted by molar-refractivity contribution is -0.133. The van der Waals surface area contributed by atoms with Gasteiger partial charge in [0.1, 0.15) is 24.0 Å². The lowest BCUT2D eigenvalue weighted by atomic mass is 9.80. The predicted octanol–water partition coefficient (Wildman–Crippen LogP) is 2.27. The third-order valence-corrected chi connectivity index (χ3v) is 5.90. The van der Waals surface area contributed by atoms with Crippen LogP contribution < -0.4 is 10.1 Å². The molecule has 1 spiro atoms. The van der Waals surface area contributed by atoms with Gasteiger partial charge < -0.3 is 15.2 Å². The van der Waals surface area contributed by atoms with E-state index in [1.54, 1.807) is 23.5 Å². The van der Waals surface area contributed by atoms with Crippen molar-refractivity contribution in [2.45, 2.75) is 30.9 Å². The fourth-order valence-electron chi connectivity index (χ4n) is 3.68. The van der Waals surface area contributed by atoms with Crippen molar-refractivity contribution in [1.29, 1.82) is 0 Å². The molecular weight excluding hydrogens is 352 g/mol. The van der Waals surface area contributed by atoms with E-state index in [4.69, 9.17) is 4.74 Å². The number of ether oxygens (including phenoxy) is 1. The summed E-state index contributed by atoms with van der Waals surface area (Å²) in [7, 11) is 0. The maximum absolute atomic E-state index is 13.1. The minimum atomic E-state index is -0.968. The highest BCUT2D eigenvalue weighted by molar-refractivity contribution is 7.10. The quantitative estimate of drug-likeness (QED) is 0.789. The zero-order chi connectivity index (χ0) is 18.1. The molecule has 26 heavy (non-hydrogen) atoms. The molecule has 2 N–H and O–H groups in total. The monoisotopic (exact) mass is 372 g/mol. The number of aliphatic hydroxyl groups is 1. The summed E-state index contributed by atoms with van der Waals surface area (Å²) in [5.41, 5.74) is -0.0605. The molecule has 1 saturated heterocycles. The molecule has 136 valence electrons. The maximum atomic E-state index is 13.1. The summed E-state index contributed by atoms with van der Waals surface area (Å²) in [5.74, 6) is 0.357. The van der Waals surface area contributed by atoms with Gasteiger partial charge in [-0.15, -0.1) is 11.3 Å². The molecule has 7 heteroatoms. The molecule has 1 aromatic heterocycles. The highest BCUT2D eigenvalue weighted by Gasteiger charge is 2.54. The summed E-state index contributed by atoms with van der Waals surface area (Å²) in [4.78, 5) is 27.8. The Morgan fingerprint density at radius 1 is 1.27 bits per heavy atom. The van der Waals surface area contributed by atoms with Crippen LogP contribution in [0.2, 0.25) is 0 Å². The van der Waals surface area contributed by atoms with E-state index in [9.17, 15) is 14.7 Å². The van der Waals surface area contributed by atoms with E-state index in [-0.39, 0.29) is 19.1 Å². The van der Waals surface area contributed by atoms with Gasteiger partial charge >= 0.3 is 6.03 Å². The van der Waals surface area contributed by atoms with Crippen molar-refractivity contribution in [2.75, 3.05) is 13.2 Å². The van der Waals surface area contributed by atoms with Crippen molar-refractivity contribution < 1.29 is 19.4 Å². The minimum Gasteiger partial charge on any atom is -0.491 e. The zero-order valence-corrected chi connectivity index (χ0v) is 15.0. The van der Waals surface area contributed by atoms with Gasteiger partial charge in [0.05, 0.1) is 6.54 Å². The van der Waals surface area contributed by atoms with Crippen LogP contribution in [0.4, 0.5) is 4.79 Å². The fourth-order valence-corrected chi connectivity index (χ4v) is 4.68. The van der Waals surface area contributed by atoms with Crippen molar-refractivity contribution in [2.24, 2.45) is 0 Å². The molecule has 6 nitrogen and oxygen atoms in total. The first kappa shape index (κ1) is 17.1. The summed E-state index contributed by atoms with van der Waals surface area (Å²) < 4.78 is 5.51. The third kappa shape index (κ3) is 2.87. The second-order valence-electron chi connectivity index (χ2n) is 6.64. The molecule has 2 aliphatic rings. The van der Waals surface area contributed by atoms with Gasteiger partial charge in [0.15, 0.2) is 0 Å². The number of thiophene rings is 1. The van der Waals surface area contributed by atoms with E-state index in [1.807, 2.05) is 29.6 Å². The predicted molar refractivity (Wildman–Crippen MR) is 97.1 cm³/mol. The number of urea groups is 1. The van der Waals surface area contributed by atoms with Crippen LogP contribution in [0.25, 0.3) is 0 Å². The Morgan fingerprint density at radius 3 is 2.88 bits per heavy atom. The lowest BCUT2D eigenvalue weighted by Gasteiger charge is -2.31. The molecule has 1 fully saturated rings. The van der Waals surface area contributed by atoms with E-state index in [0.717, 1.165) is 28.2 Å². The van der Waals surface area contributed by atoms with Crippen molar-refractivity contribution in [3.05, 3.63) is 52.2 Å². The standard InChI is InChI=1S/C19H20N2O4S/c22-13(12-25-14-5-2-1-3-6-14)11-21-17(23)19(20-18(21)24)9-4-7-16-15(19)8-10-26-16/h1-3,5-6,8,10,13,22H,4,7,9,11-12H2,(H,20,24)/t13-,19+/m0/s1. The number of para-hydroxylation sites is 1. The summed E-state index contributed by atoms with van der Waals surface area (Å²) in [6, 6.07) is 10.6. The maximum Gasteiger partial charge on any atom is 0.325 e. The van der Waals surface area contributed by atoms with E-state index < -0.39 is 17.7 Å². The molecule has 0 bridgehead atoms. The molecule has 3 amide bonds. The number of carbonyl (C=O) groups is 2. The van der Waals surface area contributed by atoms with Crippen molar-refractivity contribution in [3.63, 3.8) is 0 Å². The fraction of sp³-hybridized carbons (Fsp3) is 0.368. The Balaban J connectivity index is 1.45. The van der Waals surface area contributed by atoms with Gasteiger partial charge in [-0.1, -0.05) is 18.2 Å². The Labute approximate surface area is 155 Å². The van der Waals surface area contributed by atoms with Gasteiger partial charge in [0, 0.05) is 10.4 Å². The molecule has 0 saturated carbocycles. The molecule has 4 rings (SSSR count). The number of imide groups is 1. The van der Waals surface area contributed by atoms with Gasteiger partial charge in [0.2, 0.25) is 0 Å². The summed E-state index contributed by atoms with van der Waals surface area (Å²) in [5, 5.41) is 15.1. The number of hydrogen-bond acceptors (Lipinski definition) is 5. The Bertz CT molecular complexity index is 822. The number of fused-ring (bicyclic) bond motifs is 2. The van der Waals surface area contributed by atoms with Crippen molar-refractivity contribution in [3.8, 4) is 5.75 Å². The van der Waals surface area contributed by atoms with Crippen LogP contribution in [0.1, 0.15) is 23.3 Å². The average molecular weight is 372 g/mol. The Morgan fingerprint density at radius 2 is 2.08 bits per heavy atom. The first-order chi connectivity index (χ1) is 12.6. The molecule has 0 unspecified atom stereocenters. The van der Waals surface area contributed by atoms with E-state index in [2.05, 4.69) is 5.32 Å². The molecule has 1 aliphatic heterocycles. The lowest BCUT2D eigenvalue weighted by Crippen LogP contribution is -2.46. The first-order valence-corrected chi connectivity index (χ1v) is 9.55. The molecule has 2 aromatic rings. The average Bonchev–Trinajstić information content (AvgIpc) is 3.22. The van der Waals surface area contributed by atoms with Gasteiger partial charge in [-0.2, -0.15) is 0 Å². The summed E-state index contributed by atoms with van der Waals surface area (Å²) in [6.07, 6.45) is 1.43. The number of nitrogens with one attached hydrogen (secondary N) is 1. The number of β-amino-alcohol motifs (C(OH)–C–C–N with tert-alkyl or cyclic N) is 1. The summed E-state index contributed by atoms with van der Waals surface area (Å²) >= 11 is 1.62. The number of amides is 3. The van der Waals surface area contributed by atoms with Gasteiger partial charge in [-0.25, -0.2) is 4.79 Å². The number of benzene rings is 1. The number of nitrogens with zero attached hydrogens (tertiary/aromatic N) is 1. The van der Waals surface area contributed by atoms with Crippen LogP contribution >= 0.6 is 11.3 Å².